The summed E-state index contributed by atoms with van der Waals surface area (Å²) < 4.78 is 38.1. The van der Waals surface area contributed by atoms with Gasteiger partial charge in [0.1, 0.15) is 11.6 Å². The van der Waals surface area contributed by atoms with Gasteiger partial charge in [0.2, 0.25) is 0 Å². The summed E-state index contributed by atoms with van der Waals surface area (Å²) in [7, 11) is 0. The molecule has 0 fully saturated rings. The minimum atomic E-state index is -4.49. The Morgan fingerprint density at radius 2 is 1.88 bits per heavy atom. The van der Waals surface area contributed by atoms with Crippen molar-refractivity contribution in [3.63, 3.8) is 0 Å². The van der Waals surface area contributed by atoms with Gasteiger partial charge in [-0.1, -0.05) is 30.3 Å². The fourth-order valence-corrected chi connectivity index (χ4v) is 2.02. The van der Waals surface area contributed by atoms with Gasteiger partial charge in [0.15, 0.2) is 0 Å². The summed E-state index contributed by atoms with van der Waals surface area (Å²) in [4.78, 5) is 12.2. The van der Waals surface area contributed by atoms with Crippen LogP contribution in [0.3, 0.4) is 0 Å². The molecule has 0 unspecified atom stereocenters. The number of nitrogens with one attached hydrogen (secondary N) is 1. The average molecular weight is 330 g/mol. The van der Waals surface area contributed by atoms with Gasteiger partial charge in [-0.2, -0.15) is 18.4 Å². The fourth-order valence-electron chi connectivity index (χ4n) is 2.02. The lowest BCUT2D eigenvalue weighted by Gasteiger charge is -2.08. The lowest BCUT2D eigenvalue weighted by Crippen LogP contribution is -2.14. The Bertz CT molecular complexity index is 833. The second-order valence-electron chi connectivity index (χ2n) is 5.06. The Morgan fingerprint density at radius 3 is 2.50 bits per heavy atom. The van der Waals surface area contributed by atoms with Crippen molar-refractivity contribution < 1.29 is 18.0 Å². The zero-order valence-electron chi connectivity index (χ0n) is 12.7. The summed E-state index contributed by atoms with van der Waals surface area (Å²) in [5.41, 5.74) is 0.349. The zero-order valence-corrected chi connectivity index (χ0v) is 12.7. The van der Waals surface area contributed by atoms with E-state index in [1.807, 2.05) is 0 Å². The smallest absolute Gasteiger partial charge is 0.321 e. The Labute approximate surface area is 137 Å². The highest BCUT2D eigenvalue weighted by Crippen LogP contribution is 2.30. The van der Waals surface area contributed by atoms with E-state index in [1.54, 1.807) is 37.3 Å². The van der Waals surface area contributed by atoms with Crippen molar-refractivity contribution in [2.45, 2.75) is 13.1 Å². The van der Waals surface area contributed by atoms with Crippen molar-refractivity contribution in [2.75, 3.05) is 5.32 Å². The first-order chi connectivity index (χ1) is 11.3. The normalized spacial score (nSPS) is 11.7. The van der Waals surface area contributed by atoms with Crippen LogP contribution in [0.25, 0.3) is 6.08 Å². The average Bonchev–Trinajstić information content (AvgIpc) is 2.54. The lowest BCUT2D eigenvalue weighted by molar-refractivity contribution is -0.137. The highest BCUT2D eigenvalue weighted by Gasteiger charge is 2.30. The first kappa shape index (κ1) is 17.3. The third-order valence-electron chi connectivity index (χ3n) is 3.28. The molecule has 6 heteroatoms. The van der Waals surface area contributed by atoms with E-state index in [-0.39, 0.29) is 11.1 Å². The molecule has 0 aromatic heterocycles. The van der Waals surface area contributed by atoms with Gasteiger partial charge in [0.05, 0.1) is 5.56 Å². The molecular weight excluding hydrogens is 317 g/mol. The van der Waals surface area contributed by atoms with Crippen LogP contribution < -0.4 is 5.32 Å². The lowest BCUT2D eigenvalue weighted by atomic mass is 10.1. The maximum Gasteiger partial charge on any atom is 0.416 e. The number of aryl methyl sites for hydroxylation is 1. The summed E-state index contributed by atoms with van der Waals surface area (Å²) in [5, 5.41) is 11.7. The number of hydrogen-bond acceptors (Lipinski definition) is 2. The van der Waals surface area contributed by atoms with E-state index >= 15 is 0 Å². The summed E-state index contributed by atoms with van der Waals surface area (Å²) in [6.07, 6.45) is -3.36. The topological polar surface area (TPSA) is 52.9 Å². The summed E-state index contributed by atoms with van der Waals surface area (Å²) in [5.74, 6) is -0.677. The van der Waals surface area contributed by atoms with E-state index in [0.717, 1.165) is 23.8 Å². The summed E-state index contributed by atoms with van der Waals surface area (Å²) in [6, 6.07) is 13.1. The largest absolute Gasteiger partial charge is 0.416 e. The predicted molar refractivity (Wildman–Crippen MR) is 84.8 cm³/mol. The molecular formula is C18H13F3N2O. The minimum absolute atomic E-state index is 0.126. The SMILES string of the molecule is Cc1ccccc1NC(=O)/C(C#N)=C\c1cccc(C(F)(F)F)c1. The van der Waals surface area contributed by atoms with E-state index < -0.39 is 17.6 Å². The van der Waals surface area contributed by atoms with Crippen molar-refractivity contribution >= 4 is 17.7 Å². The number of amides is 1. The number of anilines is 1. The first-order valence-corrected chi connectivity index (χ1v) is 6.97. The van der Waals surface area contributed by atoms with Gasteiger partial charge in [-0.15, -0.1) is 0 Å². The molecule has 0 aliphatic heterocycles. The van der Waals surface area contributed by atoms with Gasteiger partial charge in [-0.05, 0) is 42.3 Å². The number of carbonyl (C=O) groups is 1. The van der Waals surface area contributed by atoms with Crippen LogP contribution in [0.15, 0.2) is 54.1 Å². The Morgan fingerprint density at radius 1 is 1.17 bits per heavy atom. The number of hydrogen-bond donors (Lipinski definition) is 1. The number of nitriles is 1. The maximum absolute atomic E-state index is 12.7. The molecule has 3 nitrogen and oxygen atoms in total. The van der Waals surface area contributed by atoms with Crippen molar-refractivity contribution in [1.82, 2.24) is 0 Å². The van der Waals surface area contributed by atoms with Gasteiger partial charge >= 0.3 is 6.18 Å². The van der Waals surface area contributed by atoms with E-state index in [2.05, 4.69) is 5.32 Å². The predicted octanol–water partition coefficient (Wildman–Crippen LogP) is 4.56. The fraction of sp³-hybridized carbons (Fsp3) is 0.111. The standard InChI is InChI=1S/C18H13F3N2O/c1-12-5-2-3-8-16(12)23-17(24)14(11-22)9-13-6-4-7-15(10-13)18(19,20)21/h2-10H,1H3,(H,23,24)/b14-9-. The van der Waals surface area contributed by atoms with Crippen LogP contribution in [0, 0.1) is 18.3 Å². The molecule has 0 aliphatic carbocycles. The quantitative estimate of drug-likeness (QED) is 0.662. The maximum atomic E-state index is 12.7. The van der Waals surface area contributed by atoms with E-state index in [9.17, 15) is 18.0 Å². The van der Waals surface area contributed by atoms with E-state index in [1.165, 1.54) is 12.1 Å². The van der Waals surface area contributed by atoms with Crippen molar-refractivity contribution in [3.8, 4) is 6.07 Å². The molecule has 122 valence electrons. The van der Waals surface area contributed by atoms with Crippen molar-refractivity contribution in [1.29, 1.82) is 5.26 Å². The summed E-state index contributed by atoms with van der Waals surface area (Å²) in [6.45, 7) is 1.79. The molecule has 2 rings (SSSR count). The number of rotatable bonds is 3. The molecule has 0 saturated carbocycles. The van der Waals surface area contributed by atoms with Crippen LogP contribution in [0.1, 0.15) is 16.7 Å². The number of para-hydroxylation sites is 1. The van der Waals surface area contributed by atoms with Gasteiger partial charge in [0.25, 0.3) is 5.91 Å². The molecule has 0 spiro atoms. The number of nitrogens with zero attached hydrogens (tertiary/aromatic N) is 1. The zero-order chi connectivity index (χ0) is 17.7. The second-order valence-corrected chi connectivity index (χ2v) is 5.06. The molecule has 2 aromatic rings. The molecule has 1 amide bonds. The Kier molecular flexibility index (Phi) is 5.05. The van der Waals surface area contributed by atoms with Crippen LogP contribution in [-0.4, -0.2) is 5.91 Å². The highest BCUT2D eigenvalue weighted by molar-refractivity contribution is 6.09. The van der Waals surface area contributed by atoms with Crippen LogP contribution in [0.2, 0.25) is 0 Å². The minimum Gasteiger partial charge on any atom is -0.321 e. The van der Waals surface area contributed by atoms with E-state index in [4.69, 9.17) is 5.26 Å². The van der Waals surface area contributed by atoms with Crippen LogP contribution in [-0.2, 0) is 11.0 Å². The van der Waals surface area contributed by atoms with Gasteiger partial charge in [-0.25, -0.2) is 0 Å². The molecule has 0 radical (unpaired) electrons. The van der Waals surface area contributed by atoms with Crippen LogP contribution in [0.5, 0.6) is 0 Å². The molecule has 0 bridgehead atoms. The van der Waals surface area contributed by atoms with Gasteiger partial charge in [0, 0.05) is 5.69 Å². The van der Waals surface area contributed by atoms with Gasteiger partial charge < -0.3 is 5.32 Å². The monoisotopic (exact) mass is 330 g/mol. The molecule has 24 heavy (non-hydrogen) atoms. The molecule has 0 heterocycles. The van der Waals surface area contributed by atoms with Gasteiger partial charge in [-0.3, -0.25) is 4.79 Å². The third kappa shape index (κ3) is 4.23. The van der Waals surface area contributed by atoms with Crippen molar-refractivity contribution in [2.24, 2.45) is 0 Å². The highest BCUT2D eigenvalue weighted by atomic mass is 19.4. The Hall–Kier alpha value is -3.07. The number of benzene rings is 2. The molecule has 0 saturated heterocycles. The Balaban J connectivity index is 2.28. The number of alkyl halides is 3. The molecule has 1 N–H and O–H groups in total. The molecule has 2 aromatic carbocycles. The van der Waals surface area contributed by atoms with Crippen LogP contribution in [0.4, 0.5) is 18.9 Å². The first-order valence-electron chi connectivity index (χ1n) is 6.97. The van der Waals surface area contributed by atoms with E-state index in [0.29, 0.717) is 5.69 Å². The van der Waals surface area contributed by atoms with Crippen molar-refractivity contribution in [3.05, 3.63) is 70.8 Å². The number of carbonyl (C=O) groups excluding carboxylic acids is 1. The number of halogens is 3. The summed E-state index contributed by atoms with van der Waals surface area (Å²) >= 11 is 0. The molecule has 0 aliphatic rings. The second kappa shape index (κ2) is 7.01. The van der Waals surface area contributed by atoms with Crippen LogP contribution >= 0.6 is 0 Å². The third-order valence-corrected chi connectivity index (χ3v) is 3.28. The molecule has 0 atom stereocenters.